The number of aliphatic hydroxyl groups is 1. The van der Waals surface area contributed by atoms with Crippen molar-refractivity contribution < 1.29 is 14.7 Å². The summed E-state index contributed by atoms with van der Waals surface area (Å²) < 4.78 is 0. The van der Waals surface area contributed by atoms with Crippen LogP contribution in [0.3, 0.4) is 0 Å². The molecule has 2 saturated carbocycles. The number of rotatable bonds is 1. The van der Waals surface area contributed by atoms with E-state index in [9.17, 15) is 14.7 Å². The van der Waals surface area contributed by atoms with Crippen LogP contribution in [-0.4, -0.2) is 22.3 Å². The van der Waals surface area contributed by atoms with Crippen LogP contribution in [0.4, 0.5) is 0 Å². The highest BCUT2D eigenvalue weighted by Gasteiger charge is 2.63. The Bertz CT molecular complexity index is 730. The molecule has 2 fully saturated rings. The number of Topliss-reactive ketones (excluding diaryl/α,β-unsaturated/α-hetero) is 2. The van der Waals surface area contributed by atoms with E-state index in [1.165, 1.54) is 16.7 Å². The molecule has 5 atom stereocenters. The van der Waals surface area contributed by atoms with Gasteiger partial charge in [-0.3, -0.25) is 9.59 Å². The number of ketones is 2. The molecule has 5 unspecified atom stereocenters. The highest BCUT2D eigenvalue weighted by molar-refractivity contribution is 5.86. The number of hydrogen-bond acceptors (Lipinski definition) is 3. The molecule has 4 aliphatic carbocycles. The molecular weight excluding hydrogens is 312 g/mol. The summed E-state index contributed by atoms with van der Waals surface area (Å²) in [6.45, 7) is 8.19. The van der Waals surface area contributed by atoms with Gasteiger partial charge in [0.05, 0.1) is 0 Å². The second-order valence-corrected chi connectivity index (χ2v) is 9.46. The molecule has 3 nitrogen and oxygen atoms in total. The number of fused-ring (bicyclic) bond motifs is 5. The summed E-state index contributed by atoms with van der Waals surface area (Å²) in [5.74, 6) is 1.06. The number of carbonyl (C=O) groups excluding carboxylic acids is 2. The third-order valence-electron chi connectivity index (χ3n) is 8.42. The van der Waals surface area contributed by atoms with Gasteiger partial charge in [-0.15, -0.1) is 0 Å². The van der Waals surface area contributed by atoms with Gasteiger partial charge in [-0.25, -0.2) is 0 Å². The lowest BCUT2D eigenvalue weighted by Gasteiger charge is -2.54. The van der Waals surface area contributed by atoms with Crippen LogP contribution in [0.15, 0.2) is 22.8 Å². The minimum absolute atomic E-state index is 0.0131. The van der Waals surface area contributed by atoms with Gasteiger partial charge >= 0.3 is 0 Å². The van der Waals surface area contributed by atoms with Crippen LogP contribution in [0, 0.1) is 22.7 Å². The van der Waals surface area contributed by atoms with Crippen molar-refractivity contribution in [2.24, 2.45) is 22.7 Å². The first-order valence-electron chi connectivity index (χ1n) is 9.78. The van der Waals surface area contributed by atoms with Gasteiger partial charge in [0.2, 0.25) is 0 Å². The molecule has 0 heterocycles. The van der Waals surface area contributed by atoms with Crippen molar-refractivity contribution in [3.8, 4) is 0 Å². The Hall–Kier alpha value is -1.22. The van der Waals surface area contributed by atoms with E-state index >= 15 is 0 Å². The minimum atomic E-state index is -1.18. The van der Waals surface area contributed by atoms with Gasteiger partial charge < -0.3 is 5.11 Å². The average Bonchev–Trinajstić information content (AvgIpc) is 2.83. The van der Waals surface area contributed by atoms with Crippen molar-refractivity contribution in [2.45, 2.75) is 78.2 Å². The fourth-order valence-corrected chi connectivity index (χ4v) is 6.81. The van der Waals surface area contributed by atoms with Crippen LogP contribution in [0.2, 0.25) is 0 Å². The summed E-state index contributed by atoms with van der Waals surface area (Å²) >= 11 is 0. The Morgan fingerprint density at radius 3 is 2.68 bits per heavy atom. The third-order valence-corrected chi connectivity index (χ3v) is 8.42. The SMILES string of the molecule is CC(=O)C1(O)CCC2C3CC(C)=C4CC(=O)CCC4(C)C3=CCC21C. The molecule has 0 aromatic carbocycles. The van der Waals surface area contributed by atoms with Crippen LogP contribution >= 0.6 is 0 Å². The van der Waals surface area contributed by atoms with E-state index < -0.39 is 5.60 Å². The molecule has 0 saturated heterocycles. The molecule has 0 radical (unpaired) electrons. The Balaban J connectivity index is 1.80. The summed E-state index contributed by atoms with van der Waals surface area (Å²) in [5, 5.41) is 11.2. The van der Waals surface area contributed by atoms with E-state index in [0.29, 0.717) is 36.9 Å². The largest absolute Gasteiger partial charge is 0.381 e. The van der Waals surface area contributed by atoms with Crippen molar-refractivity contribution in [3.05, 3.63) is 22.8 Å². The van der Waals surface area contributed by atoms with Crippen molar-refractivity contribution in [3.63, 3.8) is 0 Å². The molecule has 25 heavy (non-hydrogen) atoms. The predicted octanol–water partition coefficient (Wildman–Crippen LogP) is 4.15. The first kappa shape index (κ1) is 17.2. The van der Waals surface area contributed by atoms with E-state index in [2.05, 4.69) is 26.8 Å². The summed E-state index contributed by atoms with van der Waals surface area (Å²) in [6.07, 6.45) is 7.82. The monoisotopic (exact) mass is 342 g/mol. The van der Waals surface area contributed by atoms with Gasteiger partial charge in [-0.05, 0) is 57.8 Å². The highest BCUT2D eigenvalue weighted by atomic mass is 16.3. The quantitative estimate of drug-likeness (QED) is 0.728. The normalized spacial score (nSPS) is 46.3. The second kappa shape index (κ2) is 5.16. The zero-order chi connectivity index (χ0) is 18.2. The Kier molecular flexibility index (Phi) is 3.55. The van der Waals surface area contributed by atoms with Gasteiger partial charge in [-0.2, -0.15) is 0 Å². The predicted molar refractivity (Wildman–Crippen MR) is 96.9 cm³/mol. The first-order chi connectivity index (χ1) is 11.6. The average molecular weight is 342 g/mol. The summed E-state index contributed by atoms with van der Waals surface area (Å²) in [6, 6.07) is 0. The summed E-state index contributed by atoms with van der Waals surface area (Å²) in [5.41, 5.74) is 2.71. The molecule has 0 aliphatic heterocycles. The van der Waals surface area contributed by atoms with Crippen LogP contribution in [0.1, 0.15) is 72.6 Å². The molecule has 0 aromatic heterocycles. The van der Waals surface area contributed by atoms with Crippen molar-refractivity contribution in [1.29, 1.82) is 0 Å². The lowest BCUT2D eigenvalue weighted by atomic mass is 9.50. The van der Waals surface area contributed by atoms with Gasteiger partial charge in [-0.1, -0.05) is 36.6 Å². The molecule has 3 heteroatoms. The molecule has 0 amide bonds. The second-order valence-electron chi connectivity index (χ2n) is 9.46. The van der Waals surface area contributed by atoms with Crippen LogP contribution < -0.4 is 0 Å². The van der Waals surface area contributed by atoms with E-state index in [0.717, 1.165) is 25.7 Å². The molecule has 0 spiro atoms. The topological polar surface area (TPSA) is 54.4 Å². The zero-order valence-electron chi connectivity index (χ0n) is 15.9. The maximum atomic E-state index is 12.3. The lowest BCUT2D eigenvalue weighted by molar-refractivity contribution is -0.150. The van der Waals surface area contributed by atoms with Gasteiger partial charge in [0.1, 0.15) is 11.4 Å². The standard InChI is InChI=1S/C22H30O3/c1-13-11-16-17(20(3)8-5-15(24)12-19(13)20)6-9-21(4)18(16)7-10-22(21,25)14(2)23/h6,16,18,25H,5,7-12H2,1-4H3. The number of carbonyl (C=O) groups is 2. The van der Waals surface area contributed by atoms with Crippen LogP contribution in [0.5, 0.6) is 0 Å². The minimum Gasteiger partial charge on any atom is -0.381 e. The number of allylic oxidation sites excluding steroid dienone is 4. The maximum absolute atomic E-state index is 12.3. The molecular formula is C22H30O3. The van der Waals surface area contributed by atoms with Gasteiger partial charge in [0, 0.05) is 23.7 Å². The maximum Gasteiger partial charge on any atom is 0.161 e. The summed E-state index contributed by atoms with van der Waals surface area (Å²) in [4.78, 5) is 24.3. The van der Waals surface area contributed by atoms with Crippen molar-refractivity contribution >= 4 is 11.6 Å². The molecule has 4 aliphatic rings. The van der Waals surface area contributed by atoms with Crippen molar-refractivity contribution in [2.75, 3.05) is 0 Å². The van der Waals surface area contributed by atoms with Crippen LogP contribution in [0.25, 0.3) is 0 Å². The van der Waals surface area contributed by atoms with E-state index in [-0.39, 0.29) is 16.6 Å². The molecule has 1 N–H and O–H groups in total. The van der Waals surface area contributed by atoms with Gasteiger partial charge in [0.25, 0.3) is 0 Å². The lowest BCUT2D eigenvalue weighted by Crippen LogP contribution is -2.54. The van der Waals surface area contributed by atoms with E-state index in [4.69, 9.17) is 0 Å². The molecule has 136 valence electrons. The number of hydrogen-bond donors (Lipinski definition) is 1. The molecule has 0 aromatic rings. The third kappa shape index (κ3) is 2.02. The highest BCUT2D eigenvalue weighted by Crippen LogP contribution is 2.65. The van der Waals surface area contributed by atoms with E-state index in [1.54, 1.807) is 6.92 Å². The van der Waals surface area contributed by atoms with Crippen LogP contribution in [-0.2, 0) is 9.59 Å². The summed E-state index contributed by atoms with van der Waals surface area (Å²) in [7, 11) is 0. The Morgan fingerprint density at radius 2 is 2.00 bits per heavy atom. The fourth-order valence-electron chi connectivity index (χ4n) is 6.81. The Morgan fingerprint density at radius 1 is 1.28 bits per heavy atom. The zero-order valence-corrected chi connectivity index (χ0v) is 15.9. The Labute approximate surface area is 150 Å². The smallest absolute Gasteiger partial charge is 0.161 e. The molecule has 0 bridgehead atoms. The molecule has 4 rings (SSSR count). The first-order valence-corrected chi connectivity index (χ1v) is 9.78. The van der Waals surface area contributed by atoms with Gasteiger partial charge in [0.15, 0.2) is 5.78 Å². The fraction of sp³-hybridized carbons (Fsp3) is 0.727. The van der Waals surface area contributed by atoms with E-state index in [1.807, 2.05) is 0 Å². The van der Waals surface area contributed by atoms with Crippen molar-refractivity contribution in [1.82, 2.24) is 0 Å².